The van der Waals surface area contributed by atoms with Gasteiger partial charge in [0.2, 0.25) is 0 Å². The van der Waals surface area contributed by atoms with Crippen LogP contribution in [-0.4, -0.2) is 46.9 Å². The Morgan fingerprint density at radius 2 is 1.77 bits per heavy atom. The van der Waals surface area contributed by atoms with Crippen LogP contribution in [0.1, 0.15) is 34.5 Å². The van der Waals surface area contributed by atoms with Gasteiger partial charge in [-0.2, -0.15) is 0 Å². The van der Waals surface area contributed by atoms with Gasteiger partial charge in [0.1, 0.15) is 0 Å². The zero-order chi connectivity index (χ0) is 21.6. The van der Waals surface area contributed by atoms with Crippen molar-refractivity contribution in [1.82, 2.24) is 14.8 Å². The van der Waals surface area contributed by atoms with Crippen LogP contribution in [-0.2, 0) is 5.75 Å². The van der Waals surface area contributed by atoms with Crippen molar-refractivity contribution in [3.8, 4) is 0 Å². The monoisotopic (exact) mass is 451 g/mol. The Kier molecular flexibility index (Phi) is 7.28. The van der Waals surface area contributed by atoms with Gasteiger partial charge in [0.15, 0.2) is 0 Å². The minimum Gasteiger partial charge on any atom is -0.336 e. The largest absolute Gasteiger partial charge is 0.336 e. The lowest BCUT2D eigenvalue weighted by atomic mass is 10.1. The minimum absolute atomic E-state index is 0.105. The summed E-state index contributed by atoms with van der Waals surface area (Å²) in [4.78, 5) is 22.6. The van der Waals surface area contributed by atoms with Gasteiger partial charge in [0, 0.05) is 65.8 Å². The number of carbonyl (C=O) groups excluding carboxylic acids is 1. The average molecular weight is 452 g/mol. The molecule has 0 aliphatic carbocycles. The molecule has 4 rings (SSSR count). The predicted octanol–water partition coefficient (Wildman–Crippen LogP) is 5.55. The van der Waals surface area contributed by atoms with Crippen molar-refractivity contribution in [2.45, 2.75) is 23.6 Å². The fourth-order valence-corrected chi connectivity index (χ4v) is 4.98. The van der Waals surface area contributed by atoms with Crippen LogP contribution in [0.3, 0.4) is 0 Å². The zero-order valence-electron chi connectivity index (χ0n) is 17.6. The van der Waals surface area contributed by atoms with Crippen molar-refractivity contribution in [1.29, 1.82) is 0 Å². The number of rotatable bonds is 6. The summed E-state index contributed by atoms with van der Waals surface area (Å²) in [5, 5.41) is 0.801. The molecule has 31 heavy (non-hydrogen) atoms. The van der Waals surface area contributed by atoms with Gasteiger partial charge < -0.3 is 4.90 Å². The standard InChI is InChI=1S/C25H26ClN3OS/c1-19(23-6-2-3-7-24(23)26)28-13-15-29(16-14-28)25(30)21-8-10-22(11-9-21)31-18-20-5-4-12-27-17-20/h2-12,17,19H,13-16,18H2,1H3. The van der Waals surface area contributed by atoms with Gasteiger partial charge in [-0.05, 0) is 54.4 Å². The number of hydrogen-bond donors (Lipinski definition) is 0. The highest BCUT2D eigenvalue weighted by atomic mass is 35.5. The third-order valence-corrected chi connectivity index (χ3v) is 7.16. The molecule has 4 nitrogen and oxygen atoms in total. The Morgan fingerprint density at radius 1 is 1.03 bits per heavy atom. The van der Waals surface area contributed by atoms with Crippen LogP contribution in [0.4, 0.5) is 0 Å². The predicted molar refractivity (Wildman–Crippen MR) is 128 cm³/mol. The van der Waals surface area contributed by atoms with Crippen LogP contribution in [0.15, 0.2) is 78.0 Å². The Balaban J connectivity index is 1.30. The van der Waals surface area contributed by atoms with Crippen LogP contribution in [0.2, 0.25) is 5.02 Å². The Hall–Kier alpha value is -2.34. The molecule has 0 radical (unpaired) electrons. The smallest absolute Gasteiger partial charge is 0.253 e. The van der Waals surface area contributed by atoms with Gasteiger partial charge in [0.25, 0.3) is 5.91 Å². The average Bonchev–Trinajstić information content (AvgIpc) is 2.83. The number of piperazine rings is 1. The Bertz CT molecular complexity index is 1000. The van der Waals surface area contributed by atoms with E-state index >= 15 is 0 Å². The quantitative estimate of drug-likeness (QED) is 0.460. The number of nitrogens with zero attached hydrogens (tertiary/aromatic N) is 3. The molecule has 0 saturated carbocycles. The second-order valence-electron chi connectivity index (χ2n) is 7.70. The summed E-state index contributed by atoms with van der Waals surface area (Å²) >= 11 is 8.12. The number of halogens is 1. The highest BCUT2D eigenvalue weighted by molar-refractivity contribution is 7.98. The molecule has 0 spiro atoms. The zero-order valence-corrected chi connectivity index (χ0v) is 19.1. The van der Waals surface area contributed by atoms with E-state index in [0.29, 0.717) is 0 Å². The maximum atomic E-state index is 13.0. The lowest BCUT2D eigenvalue weighted by Crippen LogP contribution is -2.49. The molecule has 3 aromatic rings. The molecule has 2 heterocycles. The van der Waals surface area contributed by atoms with E-state index in [0.717, 1.165) is 53.0 Å². The molecule has 1 saturated heterocycles. The molecular formula is C25H26ClN3OS. The molecule has 1 amide bonds. The second-order valence-corrected chi connectivity index (χ2v) is 9.16. The first-order valence-corrected chi connectivity index (χ1v) is 11.9. The molecule has 1 aliphatic rings. The molecule has 1 unspecified atom stereocenters. The summed E-state index contributed by atoms with van der Waals surface area (Å²) in [6.45, 7) is 5.32. The number of benzene rings is 2. The number of pyridine rings is 1. The maximum absolute atomic E-state index is 13.0. The number of carbonyl (C=O) groups is 1. The molecular weight excluding hydrogens is 426 g/mol. The van der Waals surface area contributed by atoms with Crippen LogP contribution >= 0.6 is 23.4 Å². The Labute approximate surface area is 193 Å². The third kappa shape index (κ3) is 5.48. The number of aromatic nitrogens is 1. The summed E-state index contributed by atoms with van der Waals surface area (Å²) in [7, 11) is 0. The topological polar surface area (TPSA) is 36.4 Å². The van der Waals surface area contributed by atoms with Crippen molar-refractivity contribution in [3.63, 3.8) is 0 Å². The lowest BCUT2D eigenvalue weighted by molar-refractivity contribution is 0.0582. The SMILES string of the molecule is CC(c1ccccc1Cl)N1CCN(C(=O)c2ccc(SCc3cccnc3)cc2)CC1. The van der Waals surface area contributed by atoms with Crippen LogP contribution < -0.4 is 0 Å². The highest BCUT2D eigenvalue weighted by Gasteiger charge is 2.26. The van der Waals surface area contributed by atoms with Crippen molar-refractivity contribution in [2.75, 3.05) is 26.2 Å². The van der Waals surface area contributed by atoms with Crippen molar-refractivity contribution in [3.05, 3.63) is 94.8 Å². The van der Waals surface area contributed by atoms with Crippen LogP contribution in [0, 0.1) is 0 Å². The fourth-order valence-electron chi connectivity index (χ4n) is 3.85. The van der Waals surface area contributed by atoms with E-state index in [9.17, 15) is 4.79 Å². The van der Waals surface area contributed by atoms with Crippen molar-refractivity contribution in [2.24, 2.45) is 0 Å². The molecule has 6 heteroatoms. The minimum atomic E-state index is 0.105. The lowest BCUT2D eigenvalue weighted by Gasteiger charge is -2.38. The molecule has 1 aliphatic heterocycles. The van der Waals surface area contributed by atoms with E-state index < -0.39 is 0 Å². The van der Waals surface area contributed by atoms with Gasteiger partial charge in [-0.1, -0.05) is 35.9 Å². The van der Waals surface area contributed by atoms with Crippen molar-refractivity contribution < 1.29 is 4.79 Å². The van der Waals surface area contributed by atoms with Gasteiger partial charge >= 0.3 is 0 Å². The van der Waals surface area contributed by atoms with E-state index in [1.54, 1.807) is 18.0 Å². The summed E-state index contributed by atoms with van der Waals surface area (Å²) < 4.78 is 0. The van der Waals surface area contributed by atoms with Gasteiger partial charge in [0.05, 0.1) is 0 Å². The number of thioether (sulfide) groups is 1. The van der Waals surface area contributed by atoms with E-state index in [4.69, 9.17) is 11.6 Å². The normalized spacial score (nSPS) is 15.6. The van der Waals surface area contributed by atoms with Crippen LogP contribution in [0.5, 0.6) is 0 Å². The molecule has 1 fully saturated rings. The van der Waals surface area contributed by atoms with Gasteiger partial charge in [-0.15, -0.1) is 11.8 Å². The number of amides is 1. The van der Waals surface area contributed by atoms with E-state index in [2.05, 4.69) is 28.9 Å². The maximum Gasteiger partial charge on any atom is 0.253 e. The summed E-state index contributed by atoms with van der Waals surface area (Å²) in [5.74, 6) is 0.973. The van der Waals surface area contributed by atoms with Crippen LogP contribution in [0.25, 0.3) is 0 Å². The Morgan fingerprint density at radius 3 is 2.45 bits per heavy atom. The number of hydrogen-bond acceptors (Lipinski definition) is 4. The summed E-state index contributed by atoms with van der Waals surface area (Å²) in [6.07, 6.45) is 3.67. The van der Waals surface area contributed by atoms with E-state index in [1.165, 1.54) is 5.56 Å². The molecule has 1 atom stereocenters. The molecule has 0 N–H and O–H groups in total. The molecule has 2 aromatic carbocycles. The van der Waals surface area contributed by atoms with Gasteiger partial charge in [-0.25, -0.2) is 0 Å². The second kappa shape index (κ2) is 10.3. The first-order valence-electron chi connectivity index (χ1n) is 10.5. The summed E-state index contributed by atoms with van der Waals surface area (Å²) in [5.41, 5.74) is 3.08. The first kappa shape index (κ1) is 21.9. The molecule has 1 aromatic heterocycles. The fraction of sp³-hybridized carbons (Fsp3) is 0.280. The first-order chi connectivity index (χ1) is 15.1. The van der Waals surface area contributed by atoms with E-state index in [-0.39, 0.29) is 11.9 Å². The van der Waals surface area contributed by atoms with E-state index in [1.807, 2.05) is 59.6 Å². The third-order valence-electron chi connectivity index (χ3n) is 5.73. The highest BCUT2D eigenvalue weighted by Crippen LogP contribution is 2.28. The summed E-state index contributed by atoms with van der Waals surface area (Å²) in [6, 6.07) is 20.2. The van der Waals surface area contributed by atoms with Crippen molar-refractivity contribution >= 4 is 29.3 Å². The molecule has 160 valence electrons. The van der Waals surface area contributed by atoms with Gasteiger partial charge in [-0.3, -0.25) is 14.7 Å². The molecule has 0 bridgehead atoms.